The number of carbonyl (C=O) groups excluding carboxylic acids is 1. The van der Waals surface area contributed by atoms with E-state index in [1.807, 2.05) is 6.92 Å². The molecule has 0 aliphatic rings. The molecule has 0 aliphatic heterocycles. The number of ether oxygens (including phenoxy) is 1. The van der Waals surface area contributed by atoms with Crippen molar-refractivity contribution >= 4 is 5.97 Å². The third kappa shape index (κ3) is 6.89. The first-order valence-corrected chi connectivity index (χ1v) is 5.29. The number of carbonyl (C=O) groups is 1. The van der Waals surface area contributed by atoms with Crippen molar-refractivity contribution in [2.24, 2.45) is 11.1 Å². The topological polar surface area (TPSA) is 52.3 Å². The molecule has 0 amide bonds. The fraction of sp³-hybridized carbons (Fsp3) is 0.909. The van der Waals surface area contributed by atoms with Crippen LogP contribution in [0.3, 0.4) is 0 Å². The molecule has 84 valence electrons. The minimum atomic E-state index is -0.444. The van der Waals surface area contributed by atoms with Crippen LogP contribution in [0.4, 0.5) is 0 Å². The van der Waals surface area contributed by atoms with Gasteiger partial charge < -0.3 is 10.5 Å². The van der Waals surface area contributed by atoms with Crippen molar-refractivity contribution < 1.29 is 9.53 Å². The Kier molecular flexibility index (Phi) is 5.77. The first kappa shape index (κ1) is 13.4. The van der Waals surface area contributed by atoms with Crippen LogP contribution in [0.15, 0.2) is 0 Å². The fourth-order valence-corrected chi connectivity index (χ4v) is 0.994. The molecule has 0 saturated heterocycles. The number of rotatable bonds is 5. The van der Waals surface area contributed by atoms with Gasteiger partial charge in [0, 0.05) is 0 Å². The third-order valence-electron chi connectivity index (χ3n) is 2.00. The van der Waals surface area contributed by atoms with Gasteiger partial charge in [0.25, 0.3) is 0 Å². The average molecular weight is 201 g/mol. The van der Waals surface area contributed by atoms with Crippen molar-refractivity contribution in [3.63, 3.8) is 0 Å². The van der Waals surface area contributed by atoms with E-state index in [2.05, 4.69) is 20.8 Å². The molecule has 0 saturated carbocycles. The quantitative estimate of drug-likeness (QED) is 0.693. The van der Waals surface area contributed by atoms with E-state index in [1.54, 1.807) is 0 Å². The summed E-state index contributed by atoms with van der Waals surface area (Å²) in [5.74, 6) is -0.267. The van der Waals surface area contributed by atoms with Crippen LogP contribution in [0.25, 0.3) is 0 Å². The molecule has 0 rings (SSSR count). The summed E-state index contributed by atoms with van der Waals surface area (Å²) in [7, 11) is 0. The van der Waals surface area contributed by atoms with E-state index < -0.39 is 6.04 Å². The minimum Gasteiger partial charge on any atom is -0.465 e. The van der Waals surface area contributed by atoms with Gasteiger partial charge in [-0.15, -0.1) is 0 Å². The molecule has 0 aromatic carbocycles. The molecule has 0 aliphatic carbocycles. The summed E-state index contributed by atoms with van der Waals surface area (Å²) in [4.78, 5) is 11.3. The molecular formula is C11H23NO2. The van der Waals surface area contributed by atoms with Crippen molar-refractivity contribution in [2.75, 3.05) is 6.61 Å². The zero-order valence-corrected chi connectivity index (χ0v) is 9.80. The molecule has 0 unspecified atom stereocenters. The van der Waals surface area contributed by atoms with Gasteiger partial charge in [0.05, 0.1) is 6.61 Å². The van der Waals surface area contributed by atoms with Gasteiger partial charge in [-0.25, -0.2) is 0 Å². The highest BCUT2D eigenvalue weighted by molar-refractivity contribution is 5.75. The summed E-state index contributed by atoms with van der Waals surface area (Å²) in [6.07, 6.45) is 2.49. The van der Waals surface area contributed by atoms with Gasteiger partial charge in [0.1, 0.15) is 6.04 Å². The summed E-state index contributed by atoms with van der Waals surface area (Å²) in [5, 5.41) is 0. The van der Waals surface area contributed by atoms with Crippen LogP contribution in [0, 0.1) is 5.41 Å². The molecule has 2 N–H and O–H groups in total. The summed E-state index contributed by atoms with van der Waals surface area (Å²) >= 11 is 0. The lowest BCUT2D eigenvalue weighted by atomic mass is 9.93. The van der Waals surface area contributed by atoms with E-state index in [4.69, 9.17) is 10.5 Å². The van der Waals surface area contributed by atoms with Gasteiger partial charge in [-0.2, -0.15) is 0 Å². The molecular weight excluding hydrogens is 178 g/mol. The number of hydrogen-bond acceptors (Lipinski definition) is 3. The van der Waals surface area contributed by atoms with Gasteiger partial charge in [-0.1, -0.05) is 34.1 Å². The van der Waals surface area contributed by atoms with E-state index in [-0.39, 0.29) is 11.4 Å². The molecule has 3 heteroatoms. The molecule has 0 aromatic heterocycles. The van der Waals surface area contributed by atoms with E-state index in [0.29, 0.717) is 13.0 Å². The van der Waals surface area contributed by atoms with E-state index in [9.17, 15) is 4.79 Å². The molecule has 0 aromatic rings. The highest BCUT2D eigenvalue weighted by atomic mass is 16.5. The van der Waals surface area contributed by atoms with Gasteiger partial charge in [-0.3, -0.25) is 4.79 Å². The van der Waals surface area contributed by atoms with Gasteiger partial charge in [0.15, 0.2) is 0 Å². The molecule has 14 heavy (non-hydrogen) atoms. The van der Waals surface area contributed by atoms with Gasteiger partial charge in [0.2, 0.25) is 0 Å². The monoisotopic (exact) mass is 201 g/mol. The van der Waals surface area contributed by atoms with Crippen molar-refractivity contribution in [3.05, 3.63) is 0 Å². The smallest absolute Gasteiger partial charge is 0.322 e. The normalized spacial score (nSPS) is 13.8. The Morgan fingerprint density at radius 3 is 2.43 bits per heavy atom. The Morgan fingerprint density at radius 1 is 1.43 bits per heavy atom. The first-order valence-electron chi connectivity index (χ1n) is 5.29. The summed E-state index contributed by atoms with van der Waals surface area (Å²) < 4.78 is 5.07. The number of nitrogens with two attached hydrogens (primary N) is 1. The summed E-state index contributed by atoms with van der Waals surface area (Å²) in [6, 6.07) is -0.444. The molecule has 0 heterocycles. The Balaban J connectivity index is 3.64. The average Bonchev–Trinajstić information content (AvgIpc) is 2.02. The maximum atomic E-state index is 11.3. The second-order valence-electron chi connectivity index (χ2n) is 4.87. The first-order chi connectivity index (χ1) is 6.37. The Labute approximate surface area is 87.0 Å². The second kappa shape index (κ2) is 6.02. The number of hydrogen-bond donors (Lipinski definition) is 1. The van der Waals surface area contributed by atoms with Crippen LogP contribution in [0.5, 0.6) is 0 Å². The maximum Gasteiger partial charge on any atom is 0.322 e. The second-order valence-corrected chi connectivity index (χ2v) is 4.87. The Bertz CT molecular complexity index is 173. The molecule has 0 fully saturated rings. The van der Waals surface area contributed by atoms with Crippen LogP contribution < -0.4 is 5.73 Å². The lowest BCUT2D eigenvalue weighted by Crippen LogP contribution is -2.32. The lowest BCUT2D eigenvalue weighted by Gasteiger charge is -2.18. The standard InChI is InChI=1S/C11H23NO2/c1-5-6-9(12)10(13)14-8-7-11(2,3)4/h9H,5-8,12H2,1-4H3/t9-/m0/s1. The van der Waals surface area contributed by atoms with Crippen LogP contribution in [-0.2, 0) is 9.53 Å². The third-order valence-corrected chi connectivity index (χ3v) is 2.00. The van der Waals surface area contributed by atoms with Gasteiger partial charge in [-0.05, 0) is 18.3 Å². The van der Waals surface area contributed by atoms with Gasteiger partial charge >= 0.3 is 5.97 Å². The number of esters is 1. The van der Waals surface area contributed by atoms with Crippen LogP contribution in [0.1, 0.15) is 47.0 Å². The van der Waals surface area contributed by atoms with E-state index in [1.165, 1.54) is 0 Å². The van der Waals surface area contributed by atoms with Crippen LogP contribution >= 0.6 is 0 Å². The van der Waals surface area contributed by atoms with Crippen molar-refractivity contribution in [1.82, 2.24) is 0 Å². The largest absolute Gasteiger partial charge is 0.465 e. The highest BCUT2D eigenvalue weighted by Gasteiger charge is 2.15. The SMILES string of the molecule is CCC[C@H](N)C(=O)OCCC(C)(C)C. The van der Waals surface area contributed by atoms with Crippen molar-refractivity contribution in [1.29, 1.82) is 0 Å². The van der Waals surface area contributed by atoms with E-state index >= 15 is 0 Å². The minimum absolute atomic E-state index is 0.204. The zero-order chi connectivity index (χ0) is 11.2. The predicted octanol–water partition coefficient (Wildman–Crippen LogP) is 2.09. The highest BCUT2D eigenvalue weighted by Crippen LogP contribution is 2.18. The fourth-order valence-electron chi connectivity index (χ4n) is 0.994. The Hall–Kier alpha value is -0.570. The summed E-state index contributed by atoms with van der Waals surface area (Å²) in [5.41, 5.74) is 5.81. The van der Waals surface area contributed by atoms with Crippen LogP contribution in [0.2, 0.25) is 0 Å². The lowest BCUT2D eigenvalue weighted by molar-refractivity contribution is -0.146. The maximum absolute atomic E-state index is 11.3. The predicted molar refractivity (Wildman–Crippen MR) is 57.9 cm³/mol. The molecule has 3 nitrogen and oxygen atoms in total. The summed E-state index contributed by atoms with van der Waals surface area (Å²) in [6.45, 7) is 8.83. The van der Waals surface area contributed by atoms with E-state index in [0.717, 1.165) is 12.8 Å². The molecule has 0 spiro atoms. The molecule has 0 radical (unpaired) electrons. The zero-order valence-electron chi connectivity index (χ0n) is 9.80. The Morgan fingerprint density at radius 2 is 2.00 bits per heavy atom. The van der Waals surface area contributed by atoms with Crippen molar-refractivity contribution in [3.8, 4) is 0 Å². The molecule has 1 atom stereocenters. The van der Waals surface area contributed by atoms with Crippen LogP contribution in [-0.4, -0.2) is 18.6 Å². The van der Waals surface area contributed by atoms with Crippen molar-refractivity contribution in [2.45, 2.75) is 53.0 Å². The molecule has 0 bridgehead atoms.